The van der Waals surface area contributed by atoms with E-state index in [1.807, 2.05) is 0 Å². The summed E-state index contributed by atoms with van der Waals surface area (Å²) in [6.45, 7) is 4.57. The van der Waals surface area contributed by atoms with E-state index in [1.54, 1.807) is 0 Å². The zero-order chi connectivity index (χ0) is 36.4. The Labute approximate surface area is 313 Å². The number of ether oxygens (including phenoxy) is 1. The van der Waals surface area contributed by atoms with Gasteiger partial charge in [-0.05, 0) is 64.2 Å². The molecule has 1 unspecified atom stereocenters. The van der Waals surface area contributed by atoms with Gasteiger partial charge in [0.2, 0.25) is 0 Å². The van der Waals surface area contributed by atoms with Crippen molar-refractivity contribution < 1.29 is 19.4 Å². The standard InChI is InChI=1S/C46H88O4/c1-3-5-7-9-11-13-15-17-19-20-21-22-24-26-28-30-35-39-43-46(49)50-44(41-37-33-31-34-38-42-45(47)48)40-36-32-29-27-25-23-18-16-14-12-10-8-6-4-2/h19-20,44H,3-18,21-43H2,1-2H3,(H,47,48)/b20-19-. The van der Waals surface area contributed by atoms with Crippen LogP contribution in [-0.4, -0.2) is 23.1 Å². The highest BCUT2D eigenvalue weighted by molar-refractivity contribution is 5.69. The van der Waals surface area contributed by atoms with Crippen LogP contribution in [0.5, 0.6) is 0 Å². The predicted molar refractivity (Wildman–Crippen MR) is 218 cm³/mol. The Morgan fingerprint density at radius 1 is 0.420 bits per heavy atom. The highest BCUT2D eigenvalue weighted by Gasteiger charge is 2.14. The van der Waals surface area contributed by atoms with Crippen molar-refractivity contribution in [1.82, 2.24) is 0 Å². The van der Waals surface area contributed by atoms with Crippen molar-refractivity contribution in [1.29, 1.82) is 0 Å². The summed E-state index contributed by atoms with van der Waals surface area (Å²) in [5, 5.41) is 8.84. The summed E-state index contributed by atoms with van der Waals surface area (Å²) in [5.41, 5.74) is 0. The molecule has 0 aliphatic rings. The Bertz CT molecular complexity index is 717. The molecule has 4 heteroatoms. The maximum absolute atomic E-state index is 12.7. The van der Waals surface area contributed by atoms with Crippen molar-refractivity contribution in [2.24, 2.45) is 0 Å². The number of carbonyl (C=O) groups excluding carboxylic acids is 1. The molecule has 0 bridgehead atoms. The molecule has 0 amide bonds. The summed E-state index contributed by atoms with van der Waals surface area (Å²) in [7, 11) is 0. The first-order chi connectivity index (χ1) is 24.6. The molecule has 0 aliphatic carbocycles. The molecule has 0 aliphatic heterocycles. The quantitative estimate of drug-likeness (QED) is 0.0390. The van der Waals surface area contributed by atoms with Crippen LogP contribution in [0, 0.1) is 0 Å². The van der Waals surface area contributed by atoms with Crippen molar-refractivity contribution in [3.63, 3.8) is 0 Å². The first kappa shape index (κ1) is 48.7. The third-order valence-electron chi connectivity index (χ3n) is 10.5. The maximum atomic E-state index is 12.7. The van der Waals surface area contributed by atoms with Crippen molar-refractivity contribution in [2.45, 2.75) is 270 Å². The van der Waals surface area contributed by atoms with Gasteiger partial charge < -0.3 is 9.84 Å². The van der Waals surface area contributed by atoms with Gasteiger partial charge in [0.05, 0.1) is 0 Å². The van der Waals surface area contributed by atoms with Gasteiger partial charge in [0.1, 0.15) is 6.10 Å². The van der Waals surface area contributed by atoms with Crippen LogP contribution in [0.15, 0.2) is 12.2 Å². The fourth-order valence-corrected chi connectivity index (χ4v) is 7.12. The molecule has 0 aromatic heterocycles. The Balaban J connectivity index is 3.96. The Morgan fingerprint density at radius 2 is 0.720 bits per heavy atom. The van der Waals surface area contributed by atoms with Crippen LogP contribution in [-0.2, 0) is 14.3 Å². The van der Waals surface area contributed by atoms with Crippen LogP contribution in [0.4, 0.5) is 0 Å². The minimum atomic E-state index is -0.697. The molecule has 1 atom stereocenters. The minimum absolute atomic E-state index is 0.00472. The van der Waals surface area contributed by atoms with Crippen LogP contribution in [0.3, 0.4) is 0 Å². The zero-order valence-electron chi connectivity index (χ0n) is 34.0. The van der Waals surface area contributed by atoms with E-state index in [0.29, 0.717) is 6.42 Å². The lowest BCUT2D eigenvalue weighted by Gasteiger charge is -2.18. The number of allylic oxidation sites excluding steroid dienone is 2. The van der Waals surface area contributed by atoms with E-state index in [4.69, 9.17) is 9.84 Å². The molecule has 1 N–H and O–H groups in total. The number of rotatable bonds is 42. The molecule has 0 spiro atoms. The van der Waals surface area contributed by atoms with E-state index in [1.165, 1.54) is 173 Å². The molecule has 0 rings (SSSR count). The van der Waals surface area contributed by atoms with Crippen molar-refractivity contribution in [3.05, 3.63) is 12.2 Å². The smallest absolute Gasteiger partial charge is 0.306 e. The number of hydrogen-bond donors (Lipinski definition) is 1. The Hall–Kier alpha value is -1.32. The summed E-state index contributed by atoms with van der Waals surface area (Å²) in [5.74, 6) is -0.692. The fraction of sp³-hybridized carbons (Fsp3) is 0.913. The number of carboxylic acid groups (broad SMARTS) is 1. The largest absolute Gasteiger partial charge is 0.481 e. The lowest BCUT2D eigenvalue weighted by atomic mass is 10.0. The molecule has 0 saturated heterocycles. The molecule has 296 valence electrons. The van der Waals surface area contributed by atoms with Gasteiger partial charge in [-0.25, -0.2) is 0 Å². The highest BCUT2D eigenvalue weighted by atomic mass is 16.5. The molecule has 0 aromatic carbocycles. The van der Waals surface area contributed by atoms with Crippen molar-refractivity contribution in [3.8, 4) is 0 Å². The first-order valence-corrected chi connectivity index (χ1v) is 22.7. The Morgan fingerprint density at radius 3 is 1.08 bits per heavy atom. The number of carbonyl (C=O) groups is 2. The molecule has 0 fully saturated rings. The van der Waals surface area contributed by atoms with E-state index in [-0.39, 0.29) is 18.5 Å². The monoisotopic (exact) mass is 705 g/mol. The van der Waals surface area contributed by atoms with Gasteiger partial charge in [0.15, 0.2) is 0 Å². The van der Waals surface area contributed by atoms with E-state index >= 15 is 0 Å². The summed E-state index contributed by atoms with van der Waals surface area (Å²) < 4.78 is 6.03. The van der Waals surface area contributed by atoms with Gasteiger partial charge in [-0.3, -0.25) is 9.59 Å². The molecular formula is C46H88O4. The van der Waals surface area contributed by atoms with E-state index < -0.39 is 5.97 Å². The summed E-state index contributed by atoms with van der Waals surface area (Å²) >= 11 is 0. The molecule has 0 aromatic rings. The van der Waals surface area contributed by atoms with Crippen LogP contribution in [0.1, 0.15) is 264 Å². The number of unbranched alkanes of at least 4 members (excludes halogenated alkanes) is 31. The average Bonchev–Trinajstić information content (AvgIpc) is 3.10. The normalized spacial score (nSPS) is 12.2. The molecule has 0 saturated carbocycles. The van der Waals surface area contributed by atoms with Crippen LogP contribution in [0.25, 0.3) is 0 Å². The van der Waals surface area contributed by atoms with Gasteiger partial charge >= 0.3 is 11.9 Å². The zero-order valence-corrected chi connectivity index (χ0v) is 34.0. The summed E-state index contributed by atoms with van der Waals surface area (Å²) in [4.78, 5) is 23.5. The lowest BCUT2D eigenvalue weighted by molar-refractivity contribution is -0.150. The number of carboxylic acids is 1. The highest BCUT2D eigenvalue weighted by Crippen LogP contribution is 2.19. The third kappa shape index (κ3) is 41.1. The average molecular weight is 705 g/mol. The predicted octanol–water partition coefficient (Wildman–Crippen LogP) is 15.8. The third-order valence-corrected chi connectivity index (χ3v) is 10.5. The molecule has 4 nitrogen and oxygen atoms in total. The number of aliphatic carboxylic acids is 1. The first-order valence-electron chi connectivity index (χ1n) is 22.7. The van der Waals surface area contributed by atoms with Gasteiger partial charge in [0.25, 0.3) is 0 Å². The van der Waals surface area contributed by atoms with Crippen LogP contribution >= 0.6 is 0 Å². The lowest BCUT2D eigenvalue weighted by Crippen LogP contribution is -2.18. The van der Waals surface area contributed by atoms with E-state index in [9.17, 15) is 9.59 Å². The second kappa shape index (κ2) is 42.1. The number of hydrogen-bond acceptors (Lipinski definition) is 3. The molecular weight excluding hydrogens is 617 g/mol. The van der Waals surface area contributed by atoms with Crippen LogP contribution in [0.2, 0.25) is 0 Å². The van der Waals surface area contributed by atoms with Crippen molar-refractivity contribution >= 4 is 11.9 Å². The topological polar surface area (TPSA) is 63.6 Å². The number of esters is 1. The molecule has 0 heterocycles. The maximum Gasteiger partial charge on any atom is 0.306 e. The van der Waals surface area contributed by atoms with Gasteiger partial charge in [-0.15, -0.1) is 0 Å². The van der Waals surface area contributed by atoms with E-state index in [0.717, 1.165) is 64.2 Å². The molecule has 50 heavy (non-hydrogen) atoms. The summed E-state index contributed by atoms with van der Waals surface area (Å²) in [6, 6.07) is 0. The fourth-order valence-electron chi connectivity index (χ4n) is 7.12. The second-order valence-corrected chi connectivity index (χ2v) is 15.6. The summed E-state index contributed by atoms with van der Waals surface area (Å²) in [6.07, 6.45) is 52.4. The Kier molecular flexibility index (Phi) is 41.0. The molecule has 0 radical (unpaired) electrons. The van der Waals surface area contributed by atoms with Crippen molar-refractivity contribution in [2.75, 3.05) is 0 Å². The second-order valence-electron chi connectivity index (χ2n) is 15.6. The van der Waals surface area contributed by atoms with E-state index in [2.05, 4.69) is 26.0 Å². The van der Waals surface area contributed by atoms with Gasteiger partial charge in [-0.1, -0.05) is 199 Å². The van der Waals surface area contributed by atoms with Gasteiger partial charge in [-0.2, -0.15) is 0 Å². The SMILES string of the molecule is CCCCCCCCC/C=C\CCCCCCCCCC(=O)OC(CCCCCCCCCCCCCCCC)CCCCCCCC(=O)O. The minimum Gasteiger partial charge on any atom is -0.481 e. The van der Waals surface area contributed by atoms with Gasteiger partial charge in [0, 0.05) is 12.8 Å². The van der Waals surface area contributed by atoms with Crippen LogP contribution < -0.4 is 0 Å².